The van der Waals surface area contributed by atoms with Crippen molar-refractivity contribution in [2.45, 2.75) is 370 Å². The van der Waals surface area contributed by atoms with Crippen LogP contribution in [-0.4, -0.2) is 140 Å². The molecule has 0 radical (unpaired) electrons. The lowest BCUT2D eigenvalue weighted by atomic mass is 9.97. The number of amides is 1. The van der Waals surface area contributed by atoms with Crippen molar-refractivity contribution in [3.63, 3.8) is 0 Å². The Balaban J connectivity index is 1.57. The molecule has 9 N–H and O–H groups in total. The normalized spacial score (nSPS) is 23.2. The van der Waals surface area contributed by atoms with E-state index in [0.717, 1.165) is 83.5 Å². The standard InChI is InChI=1S/C78H137NO13/c1-3-5-7-9-11-13-15-17-19-21-22-23-24-25-26-27-28-29-30-31-32-33-34-35-36-37-38-39-40-41-42-43-44-46-48-50-52-54-56-58-60-62-70(83)79-66(67(82)61-59-57-55-53-51-49-47-45-20-18-16-14-12-10-8-6-4-2)65-89-77-75(88)73(86)76(69(64-81)91-77)92-78-74(87)72(85)71(84)68(63-80)90-78/h5,7,11,13,17,19,22-23,25-26,28-29,31-32,59,61,66-69,71-78,80-82,84-88H,3-4,6,8-10,12,14-16,18,20-21,24,27,30,33-58,60,62-65H2,1-2H3,(H,79,83)/b7-5-,13-11-,19-17-,23-22-,26-25-,29-28-,32-31-,61-59+. The highest BCUT2D eigenvalue weighted by Crippen LogP contribution is 2.30. The Morgan fingerprint density at radius 2 is 0.750 bits per heavy atom. The van der Waals surface area contributed by atoms with Crippen molar-refractivity contribution in [2.75, 3.05) is 19.8 Å². The molecule has 92 heavy (non-hydrogen) atoms. The minimum absolute atomic E-state index is 0.237. The molecule has 2 aliphatic rings. The fraction of sp³-hybridized carbons (Fsp3) is 0.782. The Morgan fingerprint density at radius 1 is 0.402 bits per heavy atom. The zero-order valence-corrected chi connectivity index (χ0v) is 58.0. The van der Waals surface area contributed by atoms with Gasteiger partial charge in [0, 0.05) is 6.42 Å². The molecule has 0 spiro atoms. The number of unbranched alkanes of at least 4 members (excludes halogenated alkanes) is 34. The van der Waals surface area contributed by atoms with Crippen molar-refractivity contribution in [3.8, 4) is 0 Å². The molecule has 14 nitrogen and oxygen atoms in total. The Morgan fingerprint density at radius 3 is 1.15 bits per heavy atom. The van der Waals surface area contributed by atoms with Gasteiger partial charge in [-0.15, -0.1) is 0 Å². The average molecular weight is 1300 g/mol. The minimum atomic E-state index is -1.79. The highest BCUT2D eigenvalue weighted by atomic mass is 16.7. The first-order valence-corrected chi connectivity index (χ1v) is 37.5. The molecule has 12 atom stereocenters. The van der Waals surface area contributed by atoms with E-state index in [2.05, 4.69) is 104 Å². The number of carbonyl (C=O) groups excluding carboxylic acids is 1. The molecule has 2 aliphatic heterocycles. The van der Waals surface area contributed by atoms with E-state index in [9.17, 15) is 45.6 Å². The smallest absolute Gasteiger partial charge is 0.220 e. The van der Waals surface area contributed by atoms with Crippen LogP contribution in [0.2, 0.25) is 0 Å². The van der Waals surface area contributed by atoms with Gasteiger partial charge in [0.05, 0.1) is 32.0 Å². The van der Waals surface area contributed by atoms with E-state index < -0.39 is 86.8 Å². The van der Waals surface area contributed by atoms with Crippen molar-refractivity contribution in [1.29, 1.82) is 0 Å². The van der Waals surface area contributed by atoms with Crippen LogP contribution in [0.15, 0.2) is 97.2 Å². The van der Waals surface area contributed by atoms with Gasteiger partial charge in [-0.2, -0.15) is 0 Å². The number of allylic oxidation sites excluding steroid dienone is 15. The summed E-state index contributed by atoms with van der Waals surface area (Å²) in [5.74, 6) is -0.237. The van der Waals surface area contributed by atoms with Crippen molar-refractivity contribution in [2.24, 2.45) is 0 Å². The SMILES string of the molecule is CC/C=C\C/C=C\C/C=C\C/C=C\C/C=C\C/C=C\C/C=C\CCCCCCCCCCCCCCCCCCCCCC(=O)NC(COC1OC(CO)C(OC2OC(CO)C(O)C(O)C2O)C(O)C1O)C(O)/C=C/CCCCCCCCCCCCCCCCC. The predicted octanol–water partition coefficient (Wildman–Crippen LogP) is 16.1. The number of aliphatic hydroxyl groups excluding tert-OH is 8. The van der Waals surface area contributed by atoms with Crippen LogP contribution < -0.4 is 5.32 Å². The van der Waals surface area contributed by atoms with E-state index >= 15 is 0 Å². The van der Waals surface area contributed by atoms with Gasteiger partial charge < -0.3 is 65.1 Å². The molecular formula is C78H137NO13. The zero-order chi connectivity index (χ0) is 66.6. The molecule has 1 amide bonds. The molecule has 14 heteroatoms. The van der Waals surface area contributed by atoms with Crippen LogP contribution in [0.25, 0.3) is 0 Å². The Labute approximate surface area is 560 Å². The number of nitrogens with one attached hydrogen (secondary N) is 1. The van der Waals surface area contributed by atoms with Gasteiger partial charge >= 0.3 is 0 Å². The Bertz CT molecular complexity index is 1920. The number of rotatable bonds is 61. The van der Waals surface area contributed by atoms with E-state index in [-0.39, 0.29) is 18.9 Å². The fourth-order valence-corrected chi connectivity index (χ4v) is 11.9. The second-order valence-electron chi connectivity index (χ2n) is 26.0. The van der Waals surface area contributed by atoms with Crippen molar-refractivity contribution < 1.29 is 64.6 Å². The number of carbonyl (C=O) groups is 1. The summed E-state index contributed by atoms with van der Waals surface area (Å²) in [4.78, 5) is 13.3. The maximum Gasteiger partial charge on any atom is 0.220 e. The monoisotopic (exact) mass is 1300 g/mol. The van der Waals surface area contributed by atoms with Gasteiger partial charge in [-0.05, 0) is 77.0 Å². The molecular weight excluding hydrogens is 1160 g/mol. The second-order valence-corrected chi connectivity index (χ2v) is 26.0. The molecule has 0 saturated carbocycles. The molecule has 0 aromatic heterocycles. The van der Waals surface area contributed by atoms with Crippen LogP contribution in [0.3, 0.4) is 0 Å². The first kappa shape index (κ1) is 85.0. The summed E-state index contributed by atoms with van der Waals surface area (Å²) in [7, 11) is 0. The lowest BCUT2D eigenvalue weighted by molar-refractivity contribution is -0.359. The summed E-state index contributed by atoms with van der Waals surface area (Å²) in [5, 5.41) is 87.4. The maximum atomic E-state index is 13.3. The molecule has 2 fully saturated rings. The van der Waals surface area contributed by atoms with Crippen LogP contribution in [-0.2, 0) is 23.7 Å². The van der Waals surface area contributed by atoms with Gasteiger partial charge in [0.25, 0.3) is 0 Å². The van der Waals surface area contributed by atoms with E-state index in [1.54, 1.807) is 6.08 Å². The average Bonchev–Trinajstić information content (AvgIpc) is 0.856. The molecule has 2 heterocycles. The highest BCUT2D eigenvalue weighted by Gasteiger charge is 2.51. The predicted molar refractivity (Wildman–Crippen MR) is 378 cm³/mol. The van der Waals surface area contributed by atoms with Gasteiger partial charge in [0.1, 0.15) is 48.8 Å². The van der Waals surface area contributed by atoms with E-state index in [1.807, 2.05) is 6.08 Å². The quantitative estimate of drug-likeness (QED) is 0.0204. The lowest BCUT2D eigenvalue weighted by Gasteiger charge is -2.46. The molecule has 532 valence electrons. The van der Waals surface area contributed by atoms with Crippen molar-refractivity contribution in [3.05, 3.63) is 97.2 Å². The number of hydrogen-bond acceptors (Lipinski definition) is 13. The first-order valence-electron chi connectivity index (χ1n) is 37.5. The van der Waals surface area contributed by atoms with Crippen LogP contribution >= 0.6 is 0 Å². The van der Waals surface area contributed by atoms with E-state index in [1.165, 1.54) is 186 Å². The molecule has 0 bridgehead atoms. The lowest BCUT2D eigenvalue weighted by Crippen LogP contribution is -2.65. The van der Waals surface area contributed by atoms with E-state index in [0.29, 0.717) is 6.42 Å². The first-order chi connectivity index (χ1) is 45.1. The fourth-order valence-electron chi connectivity index (χ4n) is 11.9. The minimum Gasteiger partial charge on any atom is -0.394 e. The molecule has 0 aromatic rings. The number of ether oxygens (including phenoxy) is 4. The third-order valence-electron chi connectivity index (χ3n) is 17.8. The van der Waals surface area contributed by atoms with Crippen LogP contribution in [0.5, 0.6) is 0 Å². The van der Waals surface area contributed by atoms with Gasteiger partial charge in [-0.25, -0.2) is 0 Å². The van der Waals surface area contributed by atoms with Gasteiger partial charge in [-0.3, -0.25) is 4.79 Å². The molecule has 2 saturated heterocycles. The van der Waals surface area contributed by atoms with Crippen molar-refractivity contribution in [1.82, 2.24) is 5.32 Å². The van der Waals surface area contributed by atoms with Crippen molar-refractivity contribution >= 4 is 5.91 Å². The largest absolute Gasteiger partial charge is 0.394 e. The highest BCUT2D eigenvalue weighted by molar-refractivity contribution is 5.76. The summed E-state index contributed by atoms with van der Waals surface area (Å²) in [6.45, 7) is 2.71. The summed E-state index contributed by atoms with van der Waals surface area (Å²) >= 11 is 0. The van der Waals surface area contributed by atoms with Gasteiger partial charge in [0.15, 0.2) is 12.6 Å². The Hall–Kier alpha value is -3.09. The summed E-state index contributed by atoms with van der Waals surface area (Å²) in [6, 6.07) is -0.918. The van der Waals surface area contributed by atoms with Crippen LogP contribution in [0, 0.1) is 0 Å². The Kier molecular flexibility index (Phi) is 56.8. The van der Waals surface area contributed by atoms with Crippen LogP contribution in [0.1, 0.15) is 296 Å². The van der Waals surface area contributed by atoms with Gasteiger partial charge in [0.2, 0.25) is 5.91 Å². The molecule has 2 rings (SSSR count). The second kappa shape index (κ2) is 61.5. The summed E-state index contributed by atoms with van der Waals surface area (Å²) < 4.78 is 22.9. The maximum absolute atomic E-state index is 13.3. The zero-order valence-electron chi connectivity index (χ0n) is 58.0. The summed E-state index contributed by atoms with van der Waals surface area (Å²) in [5.41, 5.74) is 0. The van der Waals surface area contributed by atoms with Gasteiger partial charge in [-0.1, -0.05) is 310 Å². The number of aliphatic hydroxyl groups is 8. The molecule has 0 aromatic carbocycles. The third kappa shape index (κ3) is 44.6. The molecule has 0 aliphatic carbocycles. The third-order valence-corrected chi connectivity index (χ3v) is 17.8. The summed E-state index contributed by atoms with van der Waals surface area (Å²) in [6.07, 6.45) is 70.5. The topological polar surface area (TPSA) is 228 Å². The van der Waals surface area contributed by atoms with Crippen LogP contribution in [0.4, 0.5) is 0 Å². The number of hydrogen-bond donors (Lipinski definition) is 9. The molecule has 12 unspecified atom stereocenters. The van der Waals surface area contributed by atoms with E-state index in [4.69, 9.17) is 18.9 Å².